The van der Waals surface area contributed by atoms with Crippen molar-refractivity contribution in [2.75, 3.05) is 19.7 Å². The molecule has 34 heavy (non-hydrogen) atoms. The van der Waals surface area contributed by atoms with Gasteiger partial charge in [0.15, 0.2) is 0 Å². The fourth-order valence-electron chi connectivity index (χ4n) is 4.95. The highest BCUT2D eigenvalue weighted by atomic mass is 16.5. The Bertz CT molecular complexity index is 941. The molecule has 9 heteroatoms. The third-order valence-corrected chi connectivity index (χ3v) is 6.72. The van der Waals surface area contributed by atoms with Crippen LogP contribution in [0.2, 0.25) is 0 Å². The van der Waals surface area contributed by atoms with E-state index in [0.29, 0.717) is 32.1 Å². The first-order chi connectivity index (χ1) is 16.5. The number of carbonyl (C=O) groups is 3. The van der Waals surface area contributed by atoms with E-state index in [9.17, 15) is 19.5 Å². The van der Waals surface area contributed by atoms with E-state index < -0.39 is 5.97 Å². The van der Waals surface area contributed by atoms with Crippen LogP contribution < -0.4 is 10.1 Å². The van der Waals surface area contributed by atoms with E-state index >= 15 is 0 Å². The van der Waals surface area contributed by atoms with Crippen molar-refractivity contribution in [3.63, 3.8) is 0 Å². The van der Waals surface area contributed by atoms with Crippen molar-refractivity contribution in [1.82, 2.24) is 15.1 Å². The summed E-state index contributed by atoms with van der Waals surface area (Å²) >= 11 is 0. The van der Waals surface area contributed by atoms with E-state index in [4.69, 9.17) is 4.74 Å². The molecular formula is C25H34N4O5. The molecular weight excluding hydrogens is 436 g/mol. The molecule has 1 aromatic carbocycles. The summed E-state index contributed by atoms with van der Waals surface area (Å²) < 4.78 is 5.90. The van der Waals surface area contributed by atoms with Gasteiger partial charge in [0.2, 0.25) is 17.8 Å². The second kappa shape index (κ2) is 11.4. The number of carboxylic acid groups (broad SMARTS) is 1. The summed E-state index contributed by atoms with van der Waals surface area (Å²) in [6.45, 7) is 1.38. The molecule has 4 rings (SSSR count). The molecule has 0 unspecified atom stereocenters. The molecule has 1 aromatic rings. The van der Waals surface area contributed by atoms with E-state index in [1.165, 1.54) is 6.42 Å². The minimum Gasteiger partial charge on any atom is -0.494 e. The SMILES string of the molecule is O=C(O)CN(C(=O)CCCCCCOc1ccc2c(c1)CN1CC(=O)NC1=N2)C1CCCCC1. The number of nitrogens with one attached hydrogen (secondary N) is 1. The van der Waals surface area contributed by atoms with Gasteiger partial charge in [-0.15, -0.1) is 0 Å². The highest BCUT2D eigenvalue weighted by molar-refractivity contribution is 6.05. The van der Waals surface area contributed by atoms with Gasteiger partial charge in [0.1, 0.15) is 18.8 Å². The molecule has 1 aliphatic carbocycles. The number of ether oxygens (including phenoxy) is 1. The molecule has 0 bridgehead atoms. The molecule has 2 heterocycles. The van der Waals surface area contributed by atoms with Crippen LogP contribution in [0.4, 0.5) is 5.69 Å². The van der Waals surface area contributed by atoms with Crippen molar-refractivity contribution in [2.24, 2.45) is 4.99 Å². The van der Waals surface area contributed by atoms with E-state index in [-0.39, 0.29) is 24.4 Å². The second-order valence-electron chi connectivity index (χ2n) is 9.35. The number of hydrogen-bond donors (Lipinski definition) is 2. The van der Waals surface area contributed by atoms with Gasteiger partial charge in [0.25, 0.3) is 0 Å². The molecule has 2 aliphatic heterocycles. The zero-order chi connectivity index (χ0) is 23.9. The number of amides is 2. The Kier molecular flexibility index (Phi) is 8.03. The largest absolute Gasteiger partial charge is 0.494 e. The van der Waals surface area contributed by atoms with Crippen molar-refractivity contribution in [3.8, 4) is 5.75 Å². The monoisotopic (exact) mass is 470 g/mol. The van der Waals surface area contributed by atoms with Crippen molar-refractivity contribution in [2.45, 2.75) is 76.8 Å². The Morgan fingerprint density at radius 2 is 1.91 bits per heavy atom. The van der Waals surface area contributed by atoms with Crippen LogP contribution in [0.3, 0.4) is 0 Å². The van der Waals surface area contributed by atoms with Crippen molar-refractivity contribution in [1.29, 1.82) is 0 Å². The fraction of sp³-hybridized carbons (Fsp3) is 0.600. The molecule has 184 valence electrons. The predicted octanol–water partition coefficient (Wildman–Crippen LogP) is 3.19. The van der Waals surface area contributed by atoms with E-state index in [0.717, 1.165) is 68.4 Å². The average Bonchev–Trinajstić information content (AvgIpc) is 3.19. The molecule has 0 radical (unpaired) electrons. The van der Waals surface area contributed by atoms with Crippen LogP contribution in [-0.4, -0.2) is 64.4 Å². The summed E-state index contributed by atoms with van der Waals surface area (Å²) in [5.41, 5.74) is 1.90. The predicted molar refractivity (Wildman–Crippen MR) is 127 cm³/mol. The molecule has 3 aliphatic rings. The lowest BCUT2D eigenvalue weighted by Gasteiger charge is -2.33. The Morgan fingerprint density at radius 1 is 1.12 bits per heavy atom. The van der Waals surface area contributed by atoms with Crippen LogP contribution in [0.15, 0.2) is 23.2 Å². The lowest BCUT2D eigenvalue weighted by molar-refractivity contribution is -0.146. The standard InChI is InChI=1S/C25H34N4O5/c30-22-16-28-15-18-14-20(11-12-21(18)26-25(28)27-22)34-13-7-2-1-6-10-23(31)29(17-24(32)33)19-8-4-3-5-9-19/h11-12,14,19H,1-10,13,15-17H2,(H,32,33)(H,26,27,30). The summed E-state index contributed by atoms with van der Waals surface area (Å²) in [4.78, 5) is 43.5. The van der Waals surface area contributed by atoms with Gasteiger partial charge in [0.05, 0.1) is 12.3 Å². The van der Waals surface area contributed by atoms with Gasteiger partial charge < -0.3 is 19.6 Å². The van der Waals surface area contributed by atoms with Gasteiger partial charge in [-0.2, -0.15) is 0 Å². The van der Waals surface area contributed by atoms with Gasteiger partial charge in [-0.05, 0) is 43.9 Å². The quantitative estimate of drug-likeness (QED) is 0.481. The number of aliphatic imine (C=N–C) groups is 1. The number of hydrogen-bond acceptors (Lipinski definition) is 6. The smallest absolute Gasteiger partial charge is 0.323 e. The molecule has 1 saturated carbocycles. The van der Waals surface area contributed by atoms with Crippen LogP contribution in [0.1, 0.15) is 69.8 Å². The van der Waals surface area contributed by atoms with Crippen LogP contribution >= 0.6 is 0 Å². The Hall–Kier alpha value is -3.10. The third kappa shape index (κ3) is 6.27. The minimum atomic E-state index is -0.934. The number of rotatable bonds is 11. The number of fused-ring (bicyclic) bond motifs is 2. The molecule has 0 aromatic heterocycles. The summed E-state index contributed by atoms with van der Waals surface area (Å²) in [6.07, 6.45) is 9.08. The van der Waals surface area contributed by atoms with Gasteiger partial charge in [-0.1, -0.05) is 32.1 Å². The minimum absolute atomic E-state index is 0.0275. The Balaban J connectivity index is 1.14. The summed E-state index contributed by atoms with van der Waals surface area (Å²) in [7, 11) is 0. The van der Waals surface area contributed by atoms with Crippen molar-refractivity contribution >= 4 is 29.4 Å². The van der Waals surface area contributed by atoms with Gasteiger partial charge in [0, 0.05) is 24.6 Å². The van der Waals surface area contributed by atoms with Crippen LogP contribution in [0.25, 0.3) is 0 Å². The van der Waals surface area contributed by atoms with E-state index in [1.807, 2.05) is 23.1 Å². The first-order valence-electron chi connectivity index (χ1n) is 12.4. The number of aliphatic carboxylic acids is 1. The second-order valence-corrected chi connectivity index (χ2v) is 9.35. The third-order valence-electron chi connectivity index (χ3n) is 6.72. The van der Waals surface area contributed by atoms with Gasteiger partial charge in [-0.25, -0.2) is 4.99 Å². The number of unbranched alkanes of at least 4 members (excludes halogenated alkanes) is 3. The summed E-state index contributed by atoms with van der Waals surface area (Å²) in [5, 5.41) is 12.0. The number of carbonyl (C=O) groups excluding carboxylic acids is 2. The number of benzene rings is 1. The van der Waals surface area contributed by atoms with Crippen molar-refractivity contribution < 1.29 is 24.2 Å². The number of nitrogens with zero attached hydrogens (tertiary/aromatic N) is 3. The molecule has 0 atom stereocenters. The van der Waals surface area contributed by atoms with Crippen molar-refractivity contribution in [3.05, 3.63) is 23.8 Å². The fourth-order valence-corrected chi connectivity index (χ4v) is 4.95. The molecule has 2 fully saturated rings. The first kappa shape index (κ1) is 24.0. The highest BCUT2D eigenvalue weighted by Gasteiger charge is 2.29. The maximum absolute atomic E-state index is 12.7. The topological polar surface area (TPSA) is 112 Å². The van der Waals surface area contributed by atoms with E-state index in [1.54, 1.807) is 4.90 Å². The van der Waals surface area contributed by atoms with Crippen LogP contribution in [0.5, 0.6) is 5.75 Å². The molecule has 9 nitrogen and oxygen atoms in total. The normalized spacial score (nSPS) is 17.5. The first-order valence-corrected chi connectivity index (χ1v) is 12.4. The average molecular weight is 471 g/mol. The van der Waals surface area contributed by atoms with Crippen LogP contribution in [-0.2, 0) is 20.9 Å². The summed E-state index contributed by atoms with van der Waals surface area (Å²) in [5.74, 6) is 0.419. The van der Waals surface area contributed by atoms with Crippen LogP contribution in [0, 0.1) is 0 Å². The zero-order valence-corrected chi connectivity index (χ0v) is 19.6. The Labute approximate surface area is 200 Å². The maximum Gasteiger partial charge on any atom is 0.323 e. The zero-order valence-electron chi connectivity index (χ0n) is 19.6. The molecule has 2 N–H and O–H groups in total. The van der Waals surface area contributed by atoms with Gasteiger partial charge in [-0.3, -0.25) is 19.7 Å². The van der Waals surface area contributed by atoms with Gasteiger partial charge >= 0.3 is 5.97 Å². The summed E-state index contributed by atoms with van der Waals surface area (Å²) in [6, 6.07) is 5.89. The number of guanidine groups is 1. The Morgan fingerprint density at radius 3 is 2.71 bits per heavy atom. The number of carboxylic acids is 1. The molecule has 2 amide bonds. The van der Waals surface area contributed by atoms with E-state index in [2.05, 4.69) is 10.3 Å². The lowest BCUT2D eigenvalue weighted by atomic mass is 9.93. The molecule has 0 spiro atoms. The maximum atomic E-state index is 12.7. The lowest BCUT2D eigenvalue weighted by Crippen LogP contribution is -2.44. The highest BCUT2D eigenvalue weighted by Crippen LogP contribution is 2.30. The molecule has 1 saturated heterocycles.